The standard InChI is InChI=1S/C15H16ClNO3S/c1-4-15(2,3)9-5-7-10(8-6-9)20-14-17-12(16)11(21-14)13(18)19/h5-8H,4H2,1-3H3,(H,18,19). The van der Waals surface area contributed by atoms with Crippen LogP contribution in [0.2, 0.25) is 5.15 Å². The molecule has 0 aliphatic rings. The maximum Gasteiger partial charge on any atom is 0.349 e. The maximum absolute atomic E-state index is 10.9. The summed E-state index contributed by atoms with van der Waals surface area (Å²) in [5.74, 6) is -0.500. The van der Waals surface area contributed by atoms with Crippen molar-refractivity contribution in [3.63, 3.8) is 0 Å². The van der Waals surface area contributed by atoms with Crippen LogP contribution in [-0.4, -0.2) is 16.1 Å². The number of rotatable bonds is 5. The molecule has 0 atom stereocenters. The van der Waals surface area contributed by atoms with Gasteiger partial charge in [0, 0.05) is 0 Å². The van der Waals surface area contributed by atoms with E-state index < -0.39 is 5.97 Å². The first-order chi connectivity index (χ1) is 9.83. The molecule has 112 valence electrons. The highest BCUT2D eigenvalue weighted by molar-refractivity contribution is 7.15. The summed E-state index contributed by atoms with van der Waals surface area (Å²) in [6, 6.07) is 7.71. The van der Waals surface area contributed by atoms with Crippen molar-refractivity contribution in [2.75, 3.05) is 0 Å². The topological polar surface area (TPSA) is 59.4 Å². The average Bonchev–Trinajstić information content (AvgIpc) is 2.80. The largest absolute Gasteiger partial charge is 0.477 e. The SMILES string of the molecule is CCC(C)(C)c1ccc(Oc2nc(Cl)c(C(=O)O)s2)cc1. The number of aromatic nitrogens is 1. The lowest BCUT2D eigenvalue weighted by molar-refractivity contribution is 0.0702. The zero-order valence-corrected chi connectivity index (χ0v) is 13.6. The number of nitrogens with zero attached hydrogens (tertiary/aromatic N) is 1. The van der Waals surface area contributed by atoms with Gasteiger partial charge in [-0.2, -0.15) is 4.98 Å². The molecule has 1 aromatic heterocycles. The zero-order valence-electron chi connectivity index (χ0n) is 12.0. The molecule has 0 aliphatic carbocycles. The fraction of sp³-hybridized carbons (Fsp3) is 0.333. The Labute approximate surface area is 132 Å². The number of carboxylic acid groups (broad SMARTS) is 1. The van der Waals surface area contributed by atoms with Crippen LogP contribution in [0, 0.1) is 0 Å². The second kappa shape index (κ2) is 6.03. The number of benzene rings is 1. The summed E-state index contributed by atoms with van der Waals surface area (Å²) in [5, 5.41) is 9.10. The number of carboxylic acids is 1. The molecule has 2 aromatic rings. The van der Waals surface area contributed by atoms with Gasteiger partial charge in [0.25, 0.3) is 5.19 Å². The molecule has 0 bridgehead atoms. The normalized spacial score (nSPS) is 11.4. The lowest BCUT2D eigenvalue weighted by Gasteiger charge is -2.23. The highest BCUT2D eigenvalue weighted by atomic mass is 35.5. The molecule has 0 saturated heterocycles. The van der Waals surface area contributed by atoms with Crippen LogP contribution in [0.5, 0.6) is 10.9 Å². The molecule has 2 rings (SSSR count). The van der Waals surface area contributed by atoms with Crippen LogP contribution in [0.4, 0.5) is 0 Å². The molecule has 0 saturated carbocycles. The van der Waals surface area contributed by atoms with Gasteiger partial charge in [-0.15, -0.1) is 0 Å². The van der Waals surface area contributed by atoms with E-state index in [1.54, 1.807) is 0 Å². The molecule has 4 nitrogen and oxygen atoms in total. The molecular formula is C15H16ClNO3S. The maximum atomic E-state index is 10.9. The predicted octanol–water partition coefficient (Wildman–Crippen LogP) is 4.97. The number of carbonyl (C=O) groups is 1. The average molecular weight is 326 g/mol. The molecule has 1 N–H and O–H groups in total. The number of hydrogen-bond donors (Lipinski definition) is 1. The van der Waals surface area contributed by atoms with E-state index in [1.807, 2.05) is 24.3 Å². The van der Waals surface area contributed by atoms with Crippen molar-refractivity contribution in [1.29, 1.82) is 0 Å². The Bertz CT molecular complexity index is 649. The molecule has 0 aliphatic heterocycles. The molecule has 0 fully saturated rings. The quantitative estimate of drug-likeness (QED) is 0.842. The van der Waals surface area contributed by atoms with Gasteiger partial charge >= 0.3 is 5.97 Å². The third-order valence-corrected chi connectivity index (χ3v) is 4.79. The van der Waals surface area contributed by atoms with Gasteiger partial charge in [0.1, 0.15) is 5.75 Å². The summed E-state index contributed by atoms with van der Waals surface area (Å²) in [5.41, 5.74) is 1.33. The summed E-state index contributed by atoms with van der Waals surface area (Å²) < 4.78 is 5.55. The predicted molar refractivity (Wildman–Crippen MR) is 83.9 cm³/mol. The Hall–Kier alpha value is -1.59. The zero-order chi connectivity index (χ0) is 15.6. The number of halogens is 1. The Morgan fingerprint density at radius 3 is 2.48 bits per heavy atom. The molecule has 0 spiro atoms. The van der Waals surface area contributed by atoms with Crippen molar-refractivity contribution in [3.8, 4) is 10.9 Å². The summed E-state index contributed by atoms with van der Waals surface area (Å²) in [6.45, 7) is 6.51. The van der Waals surface area contributed by atoms with Crippen LogP contribution in [0.15, 0.2) is 24.3 Å². The van der Waals surface area contributed by atoms with Crippen molar-refractivity contribution >= 4 is 28.9 Å². The van der Waals surface area contributed by atoms with Gasteiger partial charge in [0.2, 0.25) is 0 Å². The highest BCUT2D eigenvalue weighted by Gasteiger charge is 2.19. The van der Waals surface area contributed by atoms with Crippen molar-refractivity contribution < 1.29 is 14.6 Å². The minimum absolute atomic E-state index is 0.0181. The minimum atomic E-state index is -1.10. The van der Waals surface area contributed by atoms with Crippen molar-refractivity contribution in [2.45, 2.75) is 32.6 Å². The molecule has 21 heavy (non-hydrogen) atoms. The van der Waals surface area contributed by atoms with Gasteiger partial charge in [-0.25, -0.2) is 4.79 Å². The van der Waals surface area contributed by atoms with Gasteiger partial charge in [0.15, 0.2) is 10.0 Å². The molecule has 0 radical (unpaired) electrons. The first-order valence-corrected chi connectivity index (χ1v) is 7.71. The Morgan fingerprint density at radius 1 is 1.38 bits per heavy atom. The monoisotopic (exact) mass is 325 g/mol. The van der Waals surface area contributed by atoms with Gasteiger partial charge in [0.05, 0.1) is 0 Å². The van der Waals surface area contributed by atoms with Crippen LogP contribution in [-0.2, 0) is 5.41 Å². The summed E-state index contributed by atoms with van der Waals surface area (Å²) in [7, 11) is 0. The molecule has 0 amide bonds. The van der Waals surface area contributed by atoms with Gasteiger partial charge in [-0.1, -0.05) is 55.8 Å². The number of thiazole rings is 1. The van der Waals surface area contributed by atoms with Crippen molar-refractivity contribution in [1.82, 2.24) is 4.98 Å². The van der Waals surface area contributed by atoms with Gasteiger partial charge in [-0.3, -0.25) is 0 Å². The number of hydrogen-bond acceptors (Lipinski definition) is 4. The third-order valence-electron chi connectivity index (χ3n) is 3.49. The minimum Gasteiger partial charge on any atom is -0.477 e. The van der Waals surface area contributed by atoms with Crippen LogP contribution < -0.4 is 4.74 Å². The summed E-state index contributed by atoms with van der Waals surface area (Å²) in [4.78, 5) is 14.8. The van der Waals surface area contributed by atoms with Crippen LogP contribution >= 0.6 is 22.9 Å². The molecule has 6 heteroatoms. The van der Waals surface area contributed by atoms with E-state index in [0.29, 0.717) is 5.75 Å². The molecule has 1 aromatic carbocycles. The van der Waals surface area contributed by atoms with E-state index in [9.17, 15) is 4.79 Å². The summed E-state index contributed by atoms with van der Waals surface area (Å²) >= 11 is 6.66. The van der Waals surface area contributed by atoms with E-state index in [4.69, 9.17) is 21.4 Å². The smallest absolute Gasteiger partial charge is 0.349 e. The van der Waals surface area contributed by atoms with Crippen LogP contribution in [0.3, 0.4) is 0 Å². The molecular weight excluding hydrogens is 310 g/mol. The molecule has 1 heterocycles. The van der Waals surface area contributed by atoms with E-state index in [2.05, 4.69) is 25.8 Å². The van der Waals surface area contributed by atoms with Gasteiger partial charge in [-0.05, 0) is 29.5 Å². The van der Waals surface area contributed by atoms with Crippen LogP contribution in [0.25, 0.3) is 0 Å². The number of ether oxygens (including phenoxy) is 1. The fourth-order valence-corrected chi connectivity index (χ4v) is 2.73. The Morgan fingerprint density at radius 2 is 2.00 bits per heavy atom. The highest BCUT2D eigenvalue weighted by Crippen LogP contribution is 2.33. The lowest BCUT2D eigenvalue weighted by Crippen LogP contribution is -2.14. The Balaban J connectivity index is 2.17. The second-order valence-electron chi connectivity index (χ2n) is 5.27. The first kappa shape index (κ1) is 15.8. The second-order valence-corrected chi connectivity index (χ2v) is 6.59. The molecule has 0 unspecified atom stereocenters. The summed E-state index contributed by atoms with van der Waals surface area (Å²) in [6.07, 6.45) is 1.04. The van der Waals surface area contributed by atoms with E-state index in [1.165, 1.54) is 5.56 Å². The van der Waals surface area contributed by atoms with Crippen LogP contribution in [0.1, 0.15) is 42.4 Å². The van der Waals surface area contributed by atoms with Gasteiger partial charge < -0.3 is 9.84 Å². The number of aromatic carboxylic acids is 1. The van der Waals surface area contributed by atoms with E-state index >= 15 is 0 Å². The Kier molecular flexibility index (Phi) is 4.54. The van der Waals surface area contributed by atoms with Crippen molar-refractivity contribution in [3.05, 3.63) is 39.9 Å². The van der Waals surface area contributed by atoms with Crippen molar-refractivity contribution in [2.24, 2.45) is 0 Å². The fourth-order valence-electron chi connectivity index (χ4n) is 1.74. The third kappa shape index (κ3) is 3.54. The van der Waals surface area contributed by atoms with E-state index in [0.717, 1.165) is 17.8 Å². The first-order valence-electron chi connectivity index (χ1n) is 6.51. The van der Waals surface area contributed by atoms with E-state index in [-0.39, 0.29) is 20.6 Å². The lowest BCUT2D eigenvalue weighted by atomic mass is 9.82.